The van der Waals surface area contributed by atoms with Gasteiger partial charge in [-0.05, 0) is 43.2 Å². The summed E-state index contributed by atoms with van der Waals surface area (Å²) in [6, 6.07) is 10.4. The van der Waals surface area contributed by atoms with Crippen molar-refractivity contribution in [1.82, 2.24) is 20.4 Å². The number of halogens is 1. The van der Waals surface area contributed by atoms with Gasteiger partial charge in [0.15, 0.2) is 5.96 Å². The van der Waals surface area contributed by atoms with E-state index in [-0.39, 0.29) is 24.0 Å². The first kappa shape index (κ1) is 19.6. The average molecular weight is 455 g/mol. The minimum atomic E-state index is 0. The van der Waals surface area contributed by atoms with Crippen molar-refractivity contribution in [1.29, 1.82) is 0 Å². The van der Waals surface area contributed by atoms with Gasteiger partial charge in [-0.3, -0.25) is 4.99 Å². The van der Waals surface area contributed by atoms with Gasteiger partial charge in [0, 0.05) is 19.3 Å². The predicted molar refractivity (Wildman–Crippen MR) is 111 cm³/mol. The molecule has 7 heteroatoms. The topological polar surface area (TPSA) is 63.5 Å². The molecule has 0 amide bonds. The monoisotopic (exact) mass is 455 g/mol. The van der Waals surface area contributed by atoms with Gasteiger partial charge in [0.2, 0.25) is 0 Å². The molecule has 0 aliphatic heterocycles. The molecule has 0 unspecified atom stereocenters. The highest BCUT2D eigenvalue weighted by molar-refractivity contribution is 14.0. The molecule has 0 saturated heterocycles. The highest BCUT2D eigenvalue weighted by Gasteiger charge is 2.15. The number of benzene rings is 1. The van der Waals surface area contributed by atoms with Crippen molar-refractivity contribution in [2.24, 2.45) is 4.99 Å². The third kappa shape index (κ3) is 5.35. The van der Waals surface area contributed by atoms with Gasteiger partial charge in [-0.25, -0.2) is 4.68 Å². The van der Waals surface area contributed by atoms with E-state index in [9.17, 15) is 0 Å². The molecule has 1 aromatic heterocycles. The Morgan fingerprint density at radius 2 is 1.96 bits per heavy atom. The van der Waals surface area contributed by atoms with Crippen LogP contribution in [0.3, 0.4) is 0 Å². The maximum absolute atomic E-state index is 5.18. The second kappa shape index (κ2) is 9.65. The molecule has 0 bridgehead atoms. The summed E-state index contributed by atoms with van der Waals surface area (Å²) in [7, 11) is 3.47. The molecule has 136 valence electrons. The number of hydrogen-bond donors (Lipinski definition) is 2. The summed E-state index contributed by atoms with van der Waals surface area (Å²) >= 11 is 0. The summed E-state index contributed by atoms with van der Waals surface area (Å²) in [5.74, 6) is 1.69. The maximum Gasteiger partial charge on any atom is 0.191 e. The van der Waals surface area contributed by atoms with E-state index in [1.54, 1.807) is 14.2 Å². The van der Waals surface area contributed by atoms with Crippen LogP contribution in [0, 0.1) is 0 Å². The fourth-order valence-electron chi connectivity index (χ4n) is 2.97. The van der Waals surface area contributed by atoms with Crippen LogP contribution in [0.1, 0.15) is 31.4 Å². The van der Waals surface area contributed by atoms with E-state index in [0.717, 1.165) is 23.1 Å². The maximum atomic E-state index is 5.18. The van der Waals surface area contributed by atoms with E-state index in [1.165, 1.54) is 25.7 Å². The number of methoxy groups -OCH3 is 1. The Balaban J connectivity index is 0.00000225. The van der Waals surface area contributed by atoms with E-state index in [4.69, 9.17) is 4.74 Å². The van der Waals surface area contributed by atoms with Crippen molar-refractivity contribution in [2.45, 2.75) is 38.3 Å². The van der Waals surface area contributed by atoms with Gasteiger partial charge in [0.1, 0.15) is 5.75 Å². The zero-order chi connectivity index (χ0) is 16.8. The molecular weight excluding hydrogens is 429 g/mol. The molecular formula is C18H26IN5O. The summed E-state index contributed by atoms with van der Waals surface area (Å²) in [6.07, 6.45) is 7.04. The molecule has 3 rings (SSSR count). The van der Waals surface area contributed by atoms with E-state index in [2.05, 4.69) is 20.7 Å². The van der Waals surface area contributed by atoms with Crippen LogP contribution in [0.15, 0.2) is 41.5 Å². The van der Waals surface area contributed by atoms with Gasteiger partial charge in [0.25, 0.3) is 0 Å². The Hall–Kier alpha value is -1.77. The lowest BCUT2D eigenvalue weighted by Gasteiger charge is -2.16. The number of aliphatic imine (C=N–C) groups is 1. The van der Waals surface area contributed by atoms with Gasteiger partial charge >= 0.3 is 0 Å². The minimum absolute atomic E-state index is 0. The van der Waals surface area contributed by atoms with Crippen LogP contribution in [0.2, 0.25) is 0 Å². The molecule has 0 radical (unpaired) electrons. The molecule has 6 nitrogen and oxygen atoms in total. The normalized spacial score (nSPS) is 14.9. The van der Waals surface area contributed by atoms with E-state index in [1.807, 2.05) is 41.2 Å². The van der Waals surface area contributed by atoms with Crippen molar-refractivity contribution in [2.75, 3.05) is 14.2 Å². The second-order valence-corrected chi connectivity index (χ2v) is 6.00. The molecule has 2 aromatic rings. The Morgan fingerprint density at radius 3 is 2.60 bits per heavy atom. The lowest BCUT2D eigenvalue weighted by Crippen LogP contribution is -2.42. The van der Waals surface area contributed by atoms with Crippen molar-refractivity contribution in [3.63, 3.8) is 0 Å². The number of nitrogens with one attached hydrogen (secondary N) is 2. The van der Waals surface area contributed by atoms with Crippen LogP contribution in [-0.2, 0) is 6.54 Å². The van der Waals surface area contributed by atoms with Crippen LogP contribution >= 0.6 is 24.0 Å². The molecule has 0 atom stereocenters. The van der Waals surface area contributed by atoms with E-state index in [0.29, 0.717) is 12.6 Å². The van der Waals surface area contributed by atoms with E-state index < -0.39 is 0 Å². The number of nitrogens with zero attached hydrogens (tertiary/aromatic N) is 3. The molecule has 25 heavy (non-hydrogen) atoms. The Morgan fingerprint density at radius 1 is 1.24 bits per heavy atom. The Kier molecular flexibility index (Phi) is 7.54. The van der Waals surface area contributed by atoms with Crippen LogP contribution in [0.5, 0.6) is 5.75 Å². The fraction of sp³-hybridized carbons (Fsp3) is 0.444. The van der Waals surface area contributed by atoms with Crippen LogP contribution in [0.25, 0.3) is 5.69 Å². The first-order valence-electron chi connectivity index (χ1n) is 8.44. The highest BCUT2D eigenvalue weighted by atomic mass is 127. The fourth-order valence-corrected chi connectivity index (χ4v) is 2.97. The standard InChI is InChI=1S/C18H25N5O.HI/c1-19-18(21-14-5-3-4-6-14)20-13-15-11-12-23(22-15)16-7-9-17(24-2)10-8-16;/h7-12,14H,3-6,13H2,1-2H3,(H2,19,20,21);1H. The van der Waals surface area contributed by atoms with Gasteiger partial charge in [0.05, 0.1) is 25.0 Å². The lowest BCUT2D eigenvalue weighted by atomic mass is 10.2. The molecule has 0 spiro atoms. The zero-order valence-corrected chi connectivity index (χ0v) is 17.1. The van der Waals surface area contributed by atoms with Crippen molar-refractivity contribution >= 4 is 29.9 Å². The average Bonchev–Trinajstić information content (AvgIpc) is 3.30. The summed E-state index contributed by atoms with van der Waals surface area (Å²) in [6.45, 7) is 0.648. The van der Waals surface area contributed by atoms with Gasteiger partial charge in [-0.1, -0.05) is 12.8 Å². The molecule has 1 fully saturated rings. The zero-order valence-electron chi connectivity index (χ0n) is 14.7. The van der Waals surface area contributed by atoms with Crippen LogP contribution < -0.4 is 15.4 Å². The highest BCUT2D eigenvalue weighted by Crippen LogP contribution is 2.17. The Bertz CT molecular complexity index is 677. The number of aromatic nitrogens is 2. The number of ether oxygens (including phenoxy) is 1. The lowest BCUT2D eigenvalue weighted by molar-refractivity contribution is 0.414. The van der Waals surface area contributed by atoms with Crippen molar-refractivity contribution in [3.05, 3.63) is 42.2 Å². The van der Waals surface area contributed by atoms with Gasteiger partial charge in [-0.15, -0.1) is 24.0 Å². The minimum Gasteiger partial charge on any atom is -0.497 e. The Labute approximate surface area is 166 Å². The molecule has 1 aliphatic rings. The predicted octanol–water partition coefficient (Wildman–Crippen LogP) is 3.11. The van der Waals surface area contributed by atoms with Crippen molar-refractivity contribution < 1.29 is 4.74 Å². The van der Waals surface area contributed by atoms with Crippen molar-refractivity contribution in [3.8, 4) is 11.4 Å². The van der Waals surface area contributed by atoms with Crippen LogP contribution in [0.4, 0.5) is 0 Å². The number of rotatable bonds is 5. The molecule has 1 aromatic carbocycles. The molecule has 1 saturated carbocycles. The molecule has 1 heterocycles. The quantitative estimate of drug-likeness (QED) is 0.413. The van der Waals surface area contributed by atoms with Gasteiger partial charge in [-0.2, -0.15) is 5.10 Å². The summed E-state index contributed by atoms with van der Waals surface area (Å²) in [5.41, 5.74) is 1.98. The third-order valence-electron chi connectivity index (χ3n) is 4.34. The summed E-state index contributed by atoms with van der Waals surface area (Å²) < 4.78 is 7.05. The summed E-state index contributed by atoms with van der Waals surface area (Å²) in [5, 5.41) is 11.4. The largest absolute Gasteiger partial charge is 0.497 e. The first-order valence-corrected chi connectivity index (χ1v) is 8.44. The second-order valence-electron chi connectivity index (χ2n) is 6.00. The molecule has 1 aliphatic carbocycles. The SMILES string of the molecule is CN=C(NCc1ccn(-c2ccc(OC)cc2)n1)NC1CCCC1.I. The van der Waals surface area contributed by atoms with Gasteiger partial charge < -0.3 is 15.4 Å². The third-order valence-corrected chi connectivity index (χ3v) is 4.34. The number of hydrogen-bond acceptors (Lipinski definition) is 3. The van der Waals surface area contributed by atoms with E-state index >= 15 is 0 Å². The number of guanidine groups is 1. The summed E-state index contributed by atoms with van der Waals surface area (Å²) in [4.78, 5) is 4.30. The molecule has 2 N–H and O–H groups in total. The van der Waals surface area contributed by atoms with Crippen LogP contribution in [-0.4, -0.2) is 35.9 Å². The smallest absolute Gasteiger partial charge is 0.191 e. The first-order chi connectivity index (χ1) is 11.8.